The molecule has 0 bridgehead atoms. The molecule has 15 heavy (non-hydrogen) atoms. The summed E-state index contributed by atoms with van der Waals surface area (Å²) < 4.78 is 38.2. The summed E-state index contributed by atoms with van der Waals surface area (Å²) >= 11 is 0. The van der Waals surface area contributed by atoms with E-state index < -0.39 is 18.0 Å². The Bertz CT molecular complexity index is 333. The monoisotopic (exact) mass is 214 g/mol. The lowest BCUT2D eigenvalue weighted by atomic mass is 9.72. The highest BCUT2D eigenvalue weighted by Crippen LogP contribution is 2.44. The zero-order valence-corrected chi connectivity index (χ0v) is 8.46. The quantitative estimate of drug-likeness (QED) is 0.537. The second-order valence-electron chi connectivity index (χ2n) is 4.24. The van der Waals surface area contributed by atoms with Crippen molar-refractivity contribution in [1.82, 2.24) is 0 Å². The maximum absolute atomic E-state index is 12.7. The fourth-order valence-electron chi connectivity index (χ4n) is 2.34. The van der Waals surface area contributed by atoms with Gasteiger partial charge in [-0.15, -0.1) is 0 Å². The van der Waals surface area contributed by atoms with Crippen LogP contribution in [0.15, 0.2) is 36.0 Å². The van der Waals surface area contributed by atoms with Crippen LogP contribution in [0.5, 0.6) is 0 Å². The van der Waals surface area contributed by atoms with Crippen molar-refractivity contribution in [2.75, 3.05) is 0 Å². The molecule has 0 saturated carbocycles. The van der Waals surface area contributed by atoms with Crippen molar-refractivity contribution in [2.45, 2.75) is 19.5 Å². The molecule has 0 nitrogen and oxygen atoms in total. The molecular weight excluding hydrogens is 201 g/mol. The van der Waals surface area contributed by atoms with Gasteiger partial charge in [-0.05, 0) is 19.3 Å². The summed E-state index contributed by atoms with van der Waals surface area (Å²) in [5.41, 5.74) is 1.05. The molecule has 0 saturated heterocycles. The average Bonchev–Trinajstić information content (AvgIpc) is 2.15. The molecule has 0 aromatic carbocycles. The Kier molecular flexibility index (Phi) is 2.49. The van der Waals surface area contributed by atoms with E-state index in [9.17, 15) is 13.2 Å². The molecule has 0 heterocycles. The number of hydrogen-bond donors (Lipinski definition) is 0. The predicted octanol–water partition coefficient (Wildman–Crippen LogP) is 3.87. The summed E-state index contributed by atoms with van der Waals surface area (Å²) in [5.74, 6) is -1.69. The van der Waals surface area contributed by atoms with Crippen LogP contribution in [0.1, 0.15) is 13.3 Å². The predicted molar refractivity (Wildman–Crippen MR) is 53.2 cm³/mol. The largest absolute Gasteiger partial charge is 0.392 e. The molecule has 2 rings (SSSR count). The molecule has 2 aliphatic rings. The SMILES string of the molecule is CC1=CC2C=CCC(C(F)(F)F)C2C=C1. The maximum atomic E-state index is 12.7. The van der Waals surface area contributed by atoms with Gasteiger partial charge in [-0.25, -0.2) is 0 Å². The zero-order valence-electron chi connectivity index (χ0n) is 8.46. The molecule has 2 aliphatic carbocycles. The van der Waals surface area contributed by atoms with E-state index >= 15 is 0 Å². The second kappa shape index (κ2) is 3.54. The summed E-state index contributed by atoms with van der Waals surface area (Å²) in [7, 11) is 0. The Hall–Kier alpha value is -0.990. The third-order valence-corrected chi connectivity index (χ3v) is 3.11. The molecule has 0 spiro atoms. The van der Waals surface area contributed by atoms with Crippen LogP contribution in [-0.2, 0) is 0 Å². The van der Waals surface area contributed by atoms with Gasteiger partial charge < -0.3 is 0 Å². The van der Waals surface area contributed by atoms with E-state index in [2.05, 4.69) is 0 Å². The van der Waals surface area contributed by atoms with Gasteiger partial charge in [0.05, 0.1) is 5.92 Å². The third kappa shape index (κ3) is 2.01. The van der Waals surface area contributed by atoms with Gasteiger partial charge >= 0.3 is 6.18 Å². The zero-order chi connectivity index (χ0) is 11.1. The molecule has 0 fully saturated rings. The second-order valence-corrected chi connectivity index (χ2v) is 4.24. The van der Waals surface area contributed by atoms with Crippen LogP contribution >= 0.6 is 0 Å². The lowest BCUT2D eigenvalue weighted by Crippen LogP contribution is -2.35. The Morgan fingerprint density at radius 1 is 1.27 bits per heavy atom. The first kappa shape index (κ1) is 10.5. The molecule has 3 unspecified atom stereocenters. The number of rotatable bonds is 0. The van der Waals surface area contributed by atoms with E-state index in [1.807, 2.05) is 19.1 Å². The third-order valence-electron chi connectivity index (χ3n) is 3.11. The fraction of sp³-hybridized carbons (Fsp3) is 0.500. The molecule has 0 radical (unpaired) electrons. The lowest BCUT2D eigenvalue weighted by Gasteiger charge is -2.34. The van der Waals surface area contributed by atoms with Crippen LogP contribution in [0.25, 0.3) is 0 Å². The summed E-state index contributed by atoms with van der Waals surface area (Å²) in [6.45, 7) is 1.91. The van der Waals surface area contributed by atoms with Gasteiger partial charge in [0, 0.05) is 5.92 Å². The summed E-state index contributed by atoms with van der Waals surface area (Å²) in [6, 6.07) is 0. The Morgan fingerprint density at radius 2 is 2.00 bits per heavy atom. The Morgan fingerprint density at radius 3 is 2.67 bits per heavy atom. The Balaban J connectivity index is 2.27. The van der Waals surface area contributed by atoms with Crippen LogP contribution in [0, 0.1) is 17.8 Å². The molecule has 0 aliphatic heterocycles. The van der Waals surface area contributed by atoms with Crippen molar-refractivity contribution >= 4 is 0 Å². The van der Waals surface area contributed by atoms with Gasteiger partial charge in [-0.2, -0.15) is 13.2 Å². The van der Waals surface area contributed by atoms with Crippen molar-refractivity contribution in [2.24, 2.45) is 17.8 Å². The minimum Gasteiger partial charge on any atom is -0.171 e. The normalized spacial score (nSPS) is 34.9. The minimum absolute atomic E-state index is 0.0737. The fourth-order valence-corrected chi connectivity index (χ4v) is 2.34. The van der Waals surface area contributed by atoms with Gasteiger partial charge in [0.1, 0.15) is 0 Å². The number of halogens is 3. The first-order chi connectivity index (χ1) is 6.98. The standard InChI is InChI=1S/C12H13F3/c1-8-5-6-10-9(7-8)3-2-4-11(10)12(13,14)15/h2-3,5-7,9-11H,4H2,1H3. The number of hydrogen-bond acceptors (Lipinski definition) is 0. The highest BCUT2D eigenvalue weighted by Gasteiger charge is 2.46. The summed E-state index contributed by atoms with van der Waals surface area (Å²) in [4.78, 5) is 0. The maximum Gasteiger partial charge on any atom is 0.392 e. The molecule has 0 N–H and O–H groups in total. The molecular formula is C12H13F3. The Labute approximate surface area is 87.2 Å². The van der Waals surface area contributed by atoms with Gasteiger partial charge in [-0.1, -0.05) is 36.0 Å². The first-order valence-corrected chi connectivity index (χ1v) is 5.08. The number of allylic oxidation sites excluding steroid dienone is 6. The summed E-state index contributed by atoms with van der Waals surface area (Å²) in [6.07, 6.45) is 4.99. The van der Waals surface area contributed by atoms with Gasteiger partial charge in [0.2, 0.25) is 0 Å². The molecule has 0 aromatic rings. The van der Waals surface area contributed by atoms with Crippen LogP contribution in [-0.4, -0.2) is 6.18 Å². The molecule has 82 valence electrons. The molecule has 0 aromatic heterocycles. The summed E-state index contributed by atoms with van der Waals surface area (Å²) in [5, 5.41) is 0. The van der Waals surface area contributed by atoms with Crippen LogP contribution in [0.3, 0.4) is 0 Å². The van der Waals surface area contributed by atoms with Crippen molar-refractivity contribution in [3.05, 3.63) is 36.0 Å². The van der Waals surface area contributed by atoms with Gasteiger partial charge in [0.25, 0.3) is 0 Å². The van der Waals surface area contributed by atoms with E-state index in [0.717, 1.165) is 5.57 Å². The minimum atomic E-state index is -4.09. The van der Waals surface area contributed by atoms with Crippen LogP contribution in [0.4, 0.5) is 13.2 Å². The van der Waals surface area contributed by atoms with E-state index in [1.54, 1.807) is 18.2 Å². The van der Waals surface area contributed by atoms with E-state index in [0.29, 0.717) is 0 Å². The molecule has 3 heteroatoms. The first-order valence-electron chi connectivity index (χ1n) is 5.08. The number of fused-ring (bicyclic) bond motifs is 1. The van der Waals surface area contributed by atoms with Crippen molar-refractivity contribution in [3.8, 4) is 0 Å². The van der Waals surface area contributed by atoms with E-state index in [4.69, 9.17) is 0 Å². The van der Waals surface area contributed by atoms with Crippen LogP contribution in [0.2, 0.25) is 0 Å². The highest BCUT2D eigenvalue weighted by molar-refractivity contribution is 5.28. The van der Waals surface area contributed by atoms with E-state index in [1.165, 1.54) is 0 Å². The van der Waals surface area contributed by atoms with Crippen molar-refractivity contribution in [3.63, 3.8) is 0 Å². The highest BCUT2D eigenvalue weighted by atomic mass is 19.4. The van der Waals surface area contributed by atoms with Crippen molar-refractivity contribution < 1.29 is 13.2 Å². The molecule has 0 amide bonds. The van der Waals surface area contributed by atoms with Crippen LogP contribution < -0.4 is 0 Å². The van der Waals surface area contributed by atoms with Gasteiger partial charge in [0.15, 0.2) is 0 Å². The van der Waals surface area contributed by atoms with Crippen molar-refractivity contribution in [1.29, 1.82) is 0 Å². The lowest BCUT2D eigenvalue weighted by molar-refractivity contribution is -0.186. The smallest absolute Gasteiger partial charge is 0.171 e. The molecule has 3 atom stereocenters. The van der Waals surface area contributed by atoms with E-state index in [-0.39, 0.29) is 12.3 Å². The topological polar surface area (TPSA) is 0 Å². The number of alkyl halides is 3. The average molecular weight is 214 g/mol. The van der Waals surface area contributed by atoms with Gasteiger partial charge in [-0.3, -0.25) is 0 Å².